The summed E-state index contributed by atoms with van der Waals surface area (Å²) >= 11 is 0. The zero-order chi connectivity index (χ0) is 15.3. The van der Waals surface area contributed by atoms with Crippen LogP contribution >= 0.6 is 24.0 Å². The Morgan fingerprint density at radius 2 is 2.09 bits per heavy atom. The van der Waals surface area contributed by atoms with Gasteiger partial charge in [-0.1, -0.05) is 5.16 Å². The van der Waals surface area contributed by atoms with E-state index in [0.717, 1.165) is 25.5 Å². The lowest BCUT2D eigenvalue weighted by Crippen LogP contribution is -2.38. The fourth-order valence-electron chi connectivity index (χ4n) is 1.52. The number of nitrogens with one attached hydrogen (secondary N) is 2. The number of methoxy groups -OCH3 is 1. The van der Waals surface area contributed by atoms with E-state index < -0.39 is 0 Å². The summed E-state index contributed by atoms with van der Waals surface area (Å²) in [5, 5.41) is 10.2. The molecule has 2 N–H and O–H groups in total. The van der Waals surface area contributed by atoms with E-state index in [1.807, 2.05) is 6.92 Å². The summed E-state index contributed by atoms with van der Waals surface area (Å²) in [6, 6.07) is 0. The number of hydrogen-bond donors (Lipinski definition) is 2. The van der Waals surface area contributed by atoms with Gasteiger partial charge < -0.3 is 24.6 Å². The Kier molecular flexibility index (Phi) is 13.1. The van der Waals surface area contributed by atoms with Gasteiger partial charge in [0.2, 0.25) is 5.89 Å². The van der Waals surface area contributed by atoms with Crippen LogP contribution in [0.3, 0.4) is 0 Å². The topological polar surface area (TPSA) is 93.8 Å². The number of guanidine groups is 1. The van der Waals surface area contributed by atoms with Crippen molar-refractivity contribution in [1.82, 2.24) is 20.8 Å². The Labute approximate surface area is 148 Å². The lowest BCUT2D eigenvalue weighted by molar-refractivity contribution is 0.0698. The maximum absolute atomic E-state index is 5.39. The van der Waals surface area contributed by atoms with Gasteiger partial charge in [0.25, 0.3) is 0 Å². The van der Waals surface area contributed by atoms with Gasteiger partial charge >= 0.3 is 0 Å². The van der Waals surface area contributed by atoms with E-state index in [4.69, 9.17) is 14.0 Å². The van der Waals surface area contributed by atoms with Gasteiger partial charge in [-0.3, -0.25) is 0 Å². The summed E-state index contributed by atoms with van der Waals surface area (Å²) in [5.74, 6) is 1.86. The van der Waals surface area contributed by atoms with Crippen LogP contribution in [0.4, 0.5) is 0 Å². The maximum Gasteiger partial charge on any atom is 0.223 e. The minimum atomic E-state index is 0. The summed E-state index contributed by atoms with van der Waals surface area (Å²) in [7, 11) is 1.66. The highest BCUT2D eigenvalue weighted by atomic mass is 127. The highest BCUT2D eigenvalue weighted by Crippen LogP contribution is 1.96. The minimum Gasteiger partial charge on any atom is -0.382 e. The quantitative estimate of drug-likeness (QED) is 0.250. The molecule has 8 nitrogen and oxygen atoms in total. The van der Waals surface area contributed by atoms with Crippen molar-refractivity contribution in [3.8, 4) is 0 Å². The van der Waals surface area contributed by atoms with Crippen LogP contribution in [0.2, 0.25) is 0 Å². The van der Waals surface area contributed by atoms with Gasteiger partial charge in [0.1, 0.15) is 6.54 Å². The standard InChI is InChI=1S/C13H25N5O3.HI/c1-4-14-13(15-6-5-7-20-9-8-19-3)16-10-12-17-11(2)21-18-12;/h4-10H2,1-3H3,(H2,14,15,16);1H. The number of nitrogens with zero attached hydrogens (tertiary/aromatic N) is 3. The average molecular weight is 427 g/mol. The highest BCUT2D eigenvalue weighted by molar-refractivity contribution is 14.0. The Morgan fingerprint density at radius 1 is 1.27 bits per heavy atom. The normalized spacial score (nSPS) is 11.1. The molecule has 1 aromatic heterocycles. The van der Waals surface area contributed by atoms with Crippen LogP contribution in [-0.2, 0) is 16.0 Å². The monoisotopic (exact) mass is 427 g/mol. The number of rotatable bonds is 10. The van der Waals surface area contributed by atoms with Crippen LogP contribution in [0, 0.1) is 6.92 Å². The fourth-order valence-corrected chi connectivity index (χ4v) is 1.52. The molecule has 128 valence electrons. The smallest absolute Gasteiger partial charge is 0.223 e. The third-order valence-corrected chi connectivity index (χ3v) is 2.48. The van der Waals surface area contributed by atoms with E-state index in [1.165, 1.54) is 0 Å². The van der Waals surface area contributed by atoms with Crippen molar-refractivity contribution in [2.24, 2.45) is 4.99 Å². The summed E-state index contributed by atoms with van der Waals surface area (Å²) < 4.78 is 15.2. The van der Waals surface area contributed by atoms with Gasteiger partial charge in [-0.15, -0.1) is 24.0 Å². The van der Waals surface area contributed by atoms with Crippen LogP contribution in [0.5, 0.6) is 0 Å². The number of ether oxygens (including phenoxy) is 2. The first-order valence-corrected chi connectivity index (χ1v) is 7.14. The molecule has 0 aliphatic rings. The molecule has 0 aliphatic carbocycles. The lowest BCUT2D eigenvalue weighted by atomic mass is 10.4. The van der Waals surface area contributed by atoms with E-state index in [-0.39, 0.29) is 24.0 Å². The lowest BCUT2D eigenvalue weighted by Gasteiger charge is -2.10. The summed E-state index contributed by atoms with van der Waals surface area (Å²) in [5.41, 5.74) is 0. The molecule has 0 atom stereocenters. The molecule has 22 heavy (non-hydrogen) atoms. The first-order chi connectivity index (χ1) is 10.3. The molecule has 0 saturated heterocycles. The molecule has 0 amide bonds. The molecule has 1 heterocycles. The van der Waals surface area contributed by atoms with Crippen molar-refractivity contribution in [1.29, 1.82) is 0 Å². The van der Waals surface area contributed by atoms with E-state index >= 15 is 0 Å². The Morgan fingerprint density at radius 3 is 2.73 bits per heavy atom. The molecule has 0 bridgehead atoms. The van der Waals surface area contributed by atoms with Crippen molar-refractivity contribution in [2.75, 3.05) is 40.0 Å². The second kappa shape index (κ2) is 13.7. The number of hydrogen-bond acceptors (Lipinski definition) is 6. The number of halogens is 1. The summed E-state index contributed by atoms with van der Waals surface area (Å²) in [6.07, 6.45) is 0.898. The molecule has 9 heteroatoms. The van der Waals surface area contributed by atoms with Crippen LogP contribution < -0.4 is 10.6 Å². The Bertz CT molecular complexity index is 414. The first-order valence-electron chi connectivity index (χ1n) is 7.14. The van der Waals surface area contributed by atoms with Crippen molar-refractivity contribution in [3.63, 3.8) is 0 Å². The van der Waals surface area contributed by atoms with Gasteiger partial charge in [0.05, 0.1) is 13.2 Å². The van der Waals surface area contributed by atoms with E-state index in [9.17, 15) is 0 Å². The first kappa shape index (κ1) is 21.1. The van der Waals surface area contributed by atoms with Gasteiger partial charge in [0, 0.05) is 33.7 Å². The SMILES string of the molecule is CCNC(=NCc1noc(C)n1)NCCCOCCOC.I. The molecule has 1 rings (SSSR count). The summed E-state index contributed by atoms with van der Waals surface area (Å²) in [6.45, 7) is 7.68. The van der Waals surface area contributed by atoms with Crippen molar-refractivity contribution >= 4 is 29.9 Å². The largest absolute Gasteiger partial charge is 0.382 e. The number of aromatic nitrogens is 2. The zero-order valence-corrected chi connectivity index (χ0v) is 15.8. The third kappa shape index (κ3) is 9.90. The van der Waals surface area contributed by atoms with Crippen molar-refractivity contribution in [3.05, 3.63) is 11.7 Å². The molecule has 1 aromatic rings. The molecular formula is C13H26IN5O3. The molecule has 0 fully saturated rings. The molecule has 0 saturated carbocycles. The van der Waals surface area contributed by atoms with Gasteiger partial charge in [0.15, 0.2) is 11.8 Å². The van der Waals surface area contributed by atoms with Crippen LogP contribution in [0.1, 0.15) is 25.1 Å². The molecular weight excluding hydrogens is 401 g/mol. The van der Waals surface area contributed by atoms with Crippen molar-refractivity contribution in [2.45, 2.75) is 26.8 Å². The molecule has 0 spiro atoms. The molecule has 0 radical (unpaired) electrons. The Balaban J connectivity index is 0.00000441. The number of aryl methyl sites for hydroxylation is 1. The van der Waals surface area contributed by atoms with Crippen molar-refractivity contribution < 1.29 is 14.0 Å². The third-order valence-electron chi connectivity index (χ3n) is 2.48. The van der Waals surface area contributed by atoms with Gasteiger partial charge in [-0.2, -0.15) is 4.98 Å². The van der Waals surface area contributed by atoms with Crippen LogP contribution in [0.15, 0.2) is 9.52 Å². The number of aliphatic imine (C=N–C) groups is 1. The maximum atomic E-state index is 5.39. The van der Waals surface area contributed by atoms with E-state index in [2.05, 4.69) is 25.8 Å². The van der Waals surface area contributed by atoms with Gasteiger partial charge in [-0.05, 0) is 13.3 Å². The van der Waals surface area contributed by atoms with E-state index in [1.54, 1.807) is 14.0 Å². The Hall–Kier alpha value is -0.940. The molecule has 0 aromatic carbocycles. The predicted molar refractivity (Wildman–Crippen MR) is 94.6 cm³/mol. The predicted octanol–water partition coefficient (Wildman–Crippen LogP) is 1.10. The zero-order valence-electron chi connectivity index (χ0n) is 13.4. The van der Waals surface area contributed by atoms with E-state index in [0.29, 0.717) is 38.1 Å². The second-order valence-corrected chi connectivity index (χ2v) is 4.31. The molecule has 0 unspecified atom stereocenters. The fraction of sp³-hybridized carbons (Fsp3) is 0.769. The van der Waals surface area contributed by atoms with Crippen LogP contribution in [-0.4, -0.2) is 56.1 Å². The molecule has 0 aliphatic heterocycles. The van der Waals surface area contributed by atoms with Gasteiger partial charge in [-0.25, -0.2) is 4.99 Å². The highest BCUT2D eigenvalue weighted by Gasteiger charge is 2.02. The van der Waals surface area contributed by atoms with Crippen LogP contribution in [0.25, 0.3) is 0 Å². The minimum absolute atomic E-state index is 0. The second-order valence-electron chi connectivity index (χ2n) is 4.31. The summed E-state index contributed by atoms with van der Waals surface area (Å²) in [4.78, 5) is 8.50. The average Bonchev–Trinajstić information content (AvgIpc) is 2.89.